The van der Waals surface area contributed by atoms with Crippen LogP contribution in [0, 0.1) is 12.7 Å². The van der Waals surface area contributed by atoms with Crippen LogP contribution in [0.1, 0.15) is 12.5 Å². The number of halogens is 1. The topological polar surface area (TPSA) is 41.1 Å². The number of rotatable bonds is 4. The Morgan fingerprint density at radius 3 is 2.80 bits per heavy atom. The molecule has 0 aliphatic heterocycles. The van der Waals surface area contributed by atoms with Gasteiger partial charge in [0, 0.05) is 5.69 Å². The van der Waals surface area contributed by atoms with Crippen molar-refractivity contribution in [1.29, 1.82) is 0 Å². The molecule has 0 heterocycles. The molecular formula is C11H15FN2O. The number of nitrogens with one attached hydrogen (secondary N) is 2. The van der Waals surface area contributed by atoms with Crippen molar-refractivity contribution in [1.82, 2.24) is 5.32 Å². The Morgan fingerprint density at radius 2 is 2.20 bits per heavy atom. The lowest BCUT2D eigenvalue weighted by molar-refractivity contribution is -0.115. The predicted molar refractivity (Wildman–Crippen MR) is 58.3 cm³/mol. The summed E-state index contributed by atoms with van der Waals surface area (Å²) in [5.74, 6) is -0.413. The van der Waals surface area contributed by atoms with E-state index >= 15 is 0 Å². The minimum Gasteiger partial charge on any atom is -0.325 e. The Balaban J connectivity index is 2.60. The average Bonchev–Trinajstić information content (AvgIpc) is 2.19. The zero-order chi connectivity index (χ0) is 11.3. The average molecular weight is 210 g/mol. The second kappa shape index (κ2) is 5.46. The molecule has 1 aromatic carbocycles. The fraction of sp³-hybridized carbons (Fsp3) is 0.364. The van der Waals surface area contributed by atoms with E-state index in [-0.39, 0.29) is 18.3 Å². The van der Waals surface area contributed by atoms with E-state index in [2.05, 4.69) is 10.6 Å². The minimum atomic E-state index is -0.294. The van der Waals surface area contributed by atoms with Gasteiger partial charge in [0.25, 0.3) is 0 Å². The van der Waals surface area contributed by atoms with Gasteiger partial charge in [-0.2, -0.15) is 0 Å². The maximum absolute atomic E-state index is 12.8. The quantitative estimate of drug-likeness (QED) is 0.794. The van der Waals surface area contributed by atoms with Gasteiger partial charge in [-0.25, -0.2) is 4.39 Å². The zero-order valence-corrected chi connectivity index (χ0v) is 8.93. The summed E-state index contributed by atoms with van der Waals surface area (Å²) < 4.78 is 12.8. The SMILES string of the molecule is CCNCC(=O)Nc1ccc(F)cc1C. The Labute approximate surface area is 88.7 Å². The van der Waals surface area contributed by atoms with Crippen molar-refractivity contribution in [2.45, 2.75) is 13.8 Å². The molecule has 0 fully saturated rings. The summed E-state index contributed by atoms with van der Waals surface area (Å²) in [6, 6.07) is 4.28. The number of hydrogen-bond donors (Lipinski definition) is 2. The lowest BCUT2D eigenvalue weighted by Gasteiger charge is -2.08. The van der Waals surface area contributed by atoms with Crippen LogP contribution >= 0.6 is 0 Å². The number of amides is 1. The van der Waals surface area contributed by atoms with Crippen molar-refractivity contribution in [2.75, 3.05) is 18.4 Å². The van der Waals surface area contributed by atoms with E-state index in [0.717, 1.165) is 12.1 Å². The van der Waals surface area contributed by atoms with Gasteiger partial charge in [0.15, 0.2) is 0 Å². The van der Waals surface area contributed by atoms with Crippen LogP contribution < -0.4 is 10.6 Å². The number of benzene rings is 1. The molecular weight excluding hydrogens is 195 g/mol. The summed E-state index contributed by atoms with van der Waals surface area (Å²) >= 11 is 0. The van der Waals surface area contributed by atoms with E-state index in [9.17, 15) is 9.18 Å². The molecule has 0 bridgehead atoms. The first-order chi connectivity index (χ1) is 7.13. The molecule has 0 saturated heterocycles. The molecule has 0 aliphatic rings. The zero-order valence-electron chi connectivity index (χ0n) is 8.93. The molecule has 0 radical (unpaired) electrons. The van der Waals surface area contributed by atoms with Crippen molar-refractivity contribution < 1.29 is 9.18 Å². The molecule has 0 aliphatic carbocycles. The molecule has 1 amide bonds. The fourth-order valence-corrected chi connectivity index (χ4v) is 1.20. The monoisotopic (exact) mass is 210 g/mol. The van der Waals surface area contributed by atoms with Crippen molar-refractivity contribution in [2.24, 2.45) is 0 Å². The lowest BCUT2D eigenvalue weighted by atomic mass is 10.2. The highest BCUT2D eigenvalue weighted by atomic mass is 19.1. The number of hydrogen-bond acceptors (Lipinski definition) is 2. The standard InChI is InChI=1S/C11H15FN2O/c1-3-13-7-11(15)14-10-5-4-9(12)6-8(10)2/h4-6,13H,3,7H2,1-2H3,(H,14,15). The highest BCUT2D eigenvalue weighted by molar-refractivity contribution is 5.92. The van der Waals surface area contributed by atoms with Gasteiger partial charge >= 0.3 is 0 Å². The van der Waals surface area contributed by atoms with E-state index in [1.807, 2.05) is 6.92 Å². The number of aryl methyl sites for hydroxylation is 1. The largest absolute Gasteiger partial charge is 0.325 e. The number of likely N-dealkylation sites (N-methyl/N-ethyl adjacent to an activating group) is 1. The van der Waals surface area contributed by atoms with Crippen LogP contribution in [0.3, 0.4) is 0 Å². The second-order valence-corrected chi connectivity index (χ2v) is 3.29. The summed E-state index contributed by atoms with van der Waals surface area (Å²) in [4.78, 5) is 11.3. The van der Waals surface area contributed by atoms with Gasteiger partial charge in [0.2, 0.25) is 5.91 Å². The van der Waals surface area contributed by atoms with Crippen molar-refractivity contribution in [3.05, 3.63) is 29.6 Å². The lowest BCUT2D eigenvalue weighted by Crippen LogP contribution is -2.27. The smallest absolute Gasteiger partial charge is 0.238 e. The molecule has 1 rings (SSSR count). The van der Waals surface area contributed by atoms with Crippen LogP contribution in [0.15, 0.2) is 18.2 Å². The maximum Gasteiger partial charge on any atom is 0.238 e. The van der Waals surface area contributed by atoms with Gasteiger partial charge in [-0.1, -0.05) is 6.92 Å². The second-order valence-electron chi connectivity index (χ2n) is 3.29. The molecule has 0 aromatic heterocycles. The van der Waals surface area contributed by atoms with E-state index in [1.165, 1.54) is 12.1 Å². The van der Waals surface area contributed by atoms with Gasteiger partial charge in [-0.05, 0) is 37.2 Å². The fourth-order valence-electron chi connectivity index (χ4n) is 1.20. The summed E-state index contributed by atoms with van der Waals surface area (Å²) in [6.45, 7) is 4.70. The molecule has 0 spiro atoms. The Kier molecular flexibility index (Phi) is 4.24. The third-order valence-corrected chi connectivity index (χ3v) is 2.00. The van der Waals surface area contributed by atoms with E-state index in [0.29, 0.717) is 5.69 Å². The Morgan fingerprint density at radius 1 is 1.47 bits per heavy atom. The van der Waals surface area contributed by atoms with Crippen LogP contribution in [0.2, 0.25) is 0 Å². The summed E-state index contributed by atoms with van der Waals surface area (Å²) in [5.41, 5.74) is 1.37. The first-order valence-electron chi connectivity index (χ1n) is 4.90. The molecule has 2 N–H and O–H groups in total. The van der Waals surface area contributed by atoms with Gasteiger partial charge in [-0.3, -0.25) is 4.79 Å². The molecule has 3 nitrogen and oxygen atoms in total. The molecule has 0 unspecified atom stereocenters. The summed E-state index contributed by atoms with van der Waals surface area (Å²) in [7, 11) is 0. The highest BCUT2D eigenvalue weighted by Gasteiger charge is 2.04. The number of anilines is 1. The van der Waals surface area contributed by atoms with Crippen LogP contribution in [-0.2, 0) is 4.79 Å². The minimum absolute atomic E-state index is 0.119. The third-order valence-electron chi connectivity index (χ3n) is 2.00. The highest BCUT2D eigenvalue weighted by Crippen LogP contribution is 2.15. The van der Waals surface area contributed by atoms with Gasteiger partial charge in [-0.15, -0.1) is 0 Å². The van der Waals surface area contributed by atoms with Gasteiger partial charge in [0.05, 0.1) is 6.54 Å². The predicted octanol–water partition coefficient (Wildman–Crippen LogP) is 1.68. The maximum atomic E-state index is 12.8. The van der Waals surface area contributed by atoms with Crippen LogP contribution in [-0.4, -0.2) is 19.0 Å². The first kappa shape index (κ1) is 11.7. The summed E-state index contributed by atoms with van der Waals surface area (Å²) in [5, 5.41) is 5.62. The van der Waals surface area contributed by atoms with Crippen LogP contribution in [0.25, 0.3) is 0 Å². The Bertz CT molecular complexity index is 352. The van der Waals surface area contributed by atoms with Crippen LogP contribution in [0.4, 0.5) is 10.1 Å². The summed E-state index contributed by atoms with van der Waals surface area (Å²) in [6.07, 6.45) is 0. The van der Waals surface area contributed by atoms with Gasteiger partial charge < -0.3 is 10.6 Å². The third kappa shape index (κ3) is 3.67. The first-order valence-corrected chi connectivity index (χ1v) is 4.90. The Hall–Kier alpha value is -1.42. The molecule has 4 heteroatoms. The molecule has 15 heavy (non-hydrogen) atoms. The van der Waals surface area contributed by atoms with Gasteiger partial charge in [0.1, 0.15) is 5.82 Å². The number of carbonyl (C=O) groups excluding carboxylic acids is 1. The molecule has 0 saturated carbocycles. The number of carbonyl (C=O) groups is 1. The molecule has 1 aromatic rings. The van der Waals surface area contributed by atoms with Crippen LogP contribution in [0.5, 0.6) is 0 Å². The van der Waals surface area contributed by atoms with Crippen molar-refractivity contribution in [3.63, 3.8) is 0 Å². The van der Waals surface area contributed by atoms with Crippen molar-refractivity contribution in [3.8, 4) is 0 Å². The van der Waals surface area contributed by atoms with Crippen molar-refractivity contribution >= 4 is 11.6 Å². The van der Waals surface area contributed by atoms with E-state index < -0.39 is 0 Å². The van der Waals surface area contributed by atoms with E-state index in [4.69, 9.17) is 0 Å². The molecule has 82 valence electrons. The normalized spacial score (nSPS) is 10.1. The molecule has 0 atom stereocenters. The van der Waals surface area contributed by atoms with E-state index in [1.54, 1.807) is 13.0 Å².